The van der Waals surface area contributed by atoms with E-state index in [1.54, 1.807) is 24.3 Å². The monoisotopic (exact) mass is 485 g/mol. The number of nitriles is 1. The van der Waals surface area contributed by atoms with E-state index in [9.17, 15) is 20.2 Å². The Labute approximate surface area is 184 Å². The average molecular weight is 487 g/mol. The highest BCUT2D eigenvalue weighted by Crippen LogP contribution is 2.37. The Hall–Kier alpha value is -3.41. The van der Waals surface area contributed by atoms with E-state index in [0.717, 1.165) is 5.56 Å². The van der Waals surface area contributed by atoms with E-state index < -0.39 is 10.8 Å². The summed E-state index contributed by atoms with van der Waals surface area (Å²) in [6, 6.07) is 15.0. The standard InChI is InChI=1S/C21H13BrClN3O4/c1-12-4-2-3-5-17(12)25-21(27)14(11-24)8-15-6-7-19(30-15)13-9-16(23)20(22)18(10-13)26(28)29/h2-10H,1H3,(H,25,27)/b14-8-. The highest BCUT2D eigenvalue weighted by molar-refractivity contribution is 9.10. The number of amides is 1. The minimum Gasteiger partial charge on any atom is -0.457 e. The number of nitrogens with one attached hydrogen (secondary N) is 1. The van der Waals surface area contributed by atoms with Crippen molar-refractivity contribution in [3.05, 3.63) is 85.0 Å². The molecule has 1 N–H and O–H groups in total. The average Bonchev–Trinajstić information content (AvgIpc) is 3.18. The maximum Gasteiger partial charge on any atom is 0.285 e. The lowest BCUT2D eigenvalue weighted by molar-refractivity contribution is -0.385. The van der Waals surface area contributed by atoms with Gasteiger partial charge in [0.15, 0.2) is 0 Å². The van der Waals surface area contributed by atoms with Crippen LogP contribution in [0.1, 0.15) is 11.3 Å². The van der Waals surface area contributed by atoms with Gasteiger partial charge >= 0.3 is 0 Å². The summed E-state index contributed by atoms with van der Waals surface area (Å²) in [6.07, 6.45) is 1.30. The fourth-order valence-electron chi connectivity index (χ4n) is 2.63. The number of furan rings is 1. The third-order valence-electron chi connectivity index (χ3n) is 4.16. The first-order valence-electron chi connectivity index (χ1n) is 8.52. The normalized spacial score (nSPS) is 11.1. The molecule has 3 aromatic rings. The van der Waals surface area contributed by atoms with Crippen molar-refractivity contribution in [3.8, 4) is 17.4 Å². The van der Waals surface area contributed by atoms with Crippen molar-refractivity contribution >= 4 is 50.9 Å². The van der Waals surface area contributed by atoms with Crippen molar-refractivity contribution in [2.24, 2.45) is 0 Å². The van der Waals surface area contributed by atoms with Crippen LogP contribution in [0.5, 0.6) is 0 Å². The zero-order valence-electron chi connectivity index (χ0n) is 15.5. The van der Waals surface area contributed by atoms with Gasteiger partial charge in [0, 0.05) is 23.4 Å². The molecule has 150 valence electrons. The van der Waals surface area contributed by atoms with E-state index >= 15 is 0 Å². The lowest BCUT2D eigenvalue weighted by Gasteiger charge is -2.06. The van der Waals surface area contributed by atoms with E-state index in [1.165, 1.54) is 18.2 Å². The van der Waals surface area contributed by atoms with Gasteiger partial charge in [-0.2, -0.15) is 5.26 Å². The second kappa shape index (κ2) is 8.95. The molecule has 7 nitrogen and oxygen atoms in total. The Morgan fingerprint density at radius 2 is 2.03 bits per heavy atom. The summed E-state index contributed by atoms with van der Waals surface area (Å²) in [4.78, 5) is 23.1. The van der Waals surface area contributed by atoms with E-state index in [0.29, 0.717) is 17.0 Å². The lowest BCUT2D eigenvalue weighted by Crippen LogP contribution is -2.14. The van der Waals surface area contributed by atoms with E-state index in [1.807, 2.05) is 25.1 Å². The molecule has 1 amide bonds. The minimum atomic E-state index is -0.577. The highest BCUT2D eigenvalue weighted by atomic mass is 79.9. The molecule has 0 aliphatic carbocycles. The largest absolute Gasteiger partial charge is 0.457 e. The molecule has 9 heteroatoms. The van der Waals surface area contributed by atoms with Crippen molar-refractivity contribution in [2.75, 3.05) is 5.32 Å². The van der Waals surface area contributed by atoms with Crippen LogP contribution in [0.25, 0.3) is 17.4 Å². The van der Waals surface area contributed by atoms with Gasteiger partial charge in [0.05, 0.1) is 9.95 Å². The molecule has 0 fully saturated rings. The van der Waals surface area contributed by atoms with E-state index in [4.69, 9.17) is 16.0 Å². The smallest absolute Gasteiger partial charge is 0.285 e. The first kappa shape index (κ1) is 21.3. The molecule has 0 unspecified atom stereocenters. The van der Waals surface area contributed by atoms with Crippen LogP contribution in [-0.2, 0) is 4.79 Å². The molecule has 0 saturated carbocycles. The maximum atomic E-state index is 12.4. The molecule has 0 saturated heterocycles. The Kier molecular flexibility index (Phi) is 6.35. The van der Waals surface area contributed by atoms with Gasteiger partial charge in [-0.05, 0) is 52.7 Å². The van der Waals surface area contributed by atoms with Crippen LogP contribution in [-0.4, -0.2) is 10.8 Å². The fourth-order valence-corrected chi connectivity index (χ4v) is 3.22. The number of hydrogen-bond acceptors (Lipinski definition) is 5. The SMILES string of the molecule is Cc1ccccc1NC(=O)/C(C#N)=C\c1ccc(-c2cc(Cl)c(Br)c([N+](=O)[O-])c2)o1. The van der Waals surface area contributed by atoms with Gasteiger partial charge in [0.2, 0.25) is 0 Å². The van der Waals surface area contributed by atoms with Gasteiger partial charge in [-0.15, -0.1) is 0 Å². The molecule has 0 aliphatic heterocycles. The summed E-state index contributed by atoms with van der Waals surface area (Å²) >= 11 is 9.15. The molecule has 30 heavy (non-hydrogen) atoms. The van der Waals surface area contributed by atoms with Crippen LogP contribution in [0.15, 0.2) is 63.0 Å². The molecule has 2 aromatic carbocycles. The Bertz CT molecular complexity index is 1230. The number of para-hydroxylation sites is 1. The first-order valence-corrected chi connectivity index (χ1v) is 9.69. The molecule has 0 radical (unpaired) electrons. The molecular weight excluding hydrogens is 474 g/mol. The lowest BCUT2D eigenvalue weighted by atomic mass is 10.1. The third kappa shape index (κ3) is 4.59. The second-order valence-corrected chi connectivity index (χ2v) is 7.39. The highest BCUT2D eigenvalue weighted by Gasteiger charge is 2.19. The van der Waals surface area contributed by atoms with Crippen molar-refractivity contribution < 1.29 is 14.1 Å². The number of nitro benzene ring substituents is 1. The van der Waals surface area contributed by atoms with Gasteiger partial charge in [0.1, 0.15) is 27.6 Å². The third-order valence-corrected chi connectivity index (χ3v) is 5.52. The topological polar surface area (TPSA) is 109 Å². The van der Waals surface area contributed by atoms with Crippen molar-refractivity contribution in [1.82, 2.24) is 0 Å². The number of halogens is 2. The van der Waals surface area contributed by atoms with Gasteiger partial charge in [-0.3, -0.25) is 14.9 Å². The maximum absolute atomic E-state index is 12.4. The summed E-state index contributed by atoms with van der Waals surface area (Å²) in [5.74, 6) is -0.0365. The number of carbonyl (C=O) groups is 1. The Balaban J connectivity index is 1.89. The summed E-state index contributed by atoms with van der Waals surface area (Å²) in [5.41, 5.74) is 1.48. The molecule has 0 bridgehead atoms. The Morgan fingerprint density at radius 1 is 1.30 bits per heavy atom. The summed E-state index contributed by atoms with van der Waals surface area (Å²) in [6.45, 7) is 1.84. The summed E-state index contributed by atoms with van der Waals surface area (Å²) in [5, 5.41) is 23.4. The molecule has 1 aromatic heterocycles. The number of nitrogens with zero attached hydrogens (tertiary/aromatic N) is 2. The van der Waals surface area contributed by atoms with Crippen molar-refractivity contribution in [1.29, 1.82) is 5.26 Å². The molecule has 0 atom stereocenters. The van der Waals surface area contributed by atoms with Gasteiger partial charge in [-0.1, -0.05) is 29.8 Å². The van der Waals surface area contributed by atoms with Crippen LogP contribution in [0.4, 0.5) is 11.4 Å². The van der Waals surface area contributed by atoms with Crippen LogP contribution in [0, 0.1) is 28.4 Å². The first-order chi connectivity index (χ1) is 14.3. The summed E-state index contributed by atoms with van der Waals surface area (Å²) in [7, 11) is 0. The molecular formula is C21H13BrClN3O4. The second-order valence-electron chi connectivity index (χ2n) is 6.19. The predicted molar refractivity (Wildman–Crippen MR) is 117 cm³/mol. The van der Waals surface area contributed by atoms with Crippen LogP contribution >= 0.6 is 27.5 Å². The quantitative estimate of drug-likeness (QED) is 0.202. The van der Waals surface area contributed by atoms with E-state index in [-0.39, 0.29) is 26.5 Å². The van der Waals surface area contributed by atoms with Gasteiger partial charge < -0.3 is 9.73 Å². The zero-order chi connectivity index (χ0) is 21.8. The molecule has 3 rings (SSSR count). The number of anilines is 1. The van der Waals surface area contributed by atoms with Crippen molar-refractivity contribution in [2.45, 2.75) is 6.92 Å². The number of hydrogen-bond donors (Lipinski definition) is 1. The van der Waals surface area contributed by atoms with Crippen LogP contribution in [0.3, 0.4) is 0 Å². The van der Waals surface area contributed by atoms with Gasteiger partial charge in [0.25, 0.3) is 11.6 Å². The number of nitro groups is 1. The van der Waals surface area contributed by atoms with Crippen LogP contribution < -0.4 is 5.32 Å². The summed E-state index contributed by atoms with van der Waals surface area (Å²) < 4.78 is 5.82. The minimum absolute atomic E-state index is 0.154. The number of aryl methyl sites for hydroxylation is 1. The zero-order valence-corrected chi connectivity index (χ0v) is 17.8. The predicted octanol–water partition coefficient (Wildman–Crippen LogP) is 6.12. The molecule has 1 heterocycles. The van der Waals surface area contributed by atoms with Crippen molar-refractivity contribution in [3.63, 3.8) is 0 Å². The Morgan fingerprint density at radius 3 is 2.70 bits per heavy atom. The van der Waals surface area contributed by atoms with Crippen LogP contribution in [0.2, 0.25) is 5.02 Å². The fraction of sp³-hybridized carbons (Fsp3) is 0.0476. The molecule has 0 spiro atoms. The number of benzene rings is 2. The molecule has 0 aliphatic rings. The number of carbonyl (C=O) groups excluding carboxylic acids is 1. The van der Waals surface area contributed by atoms with E-state index in [2.05, 4.69) is 21.2 Å². The number of rotatable bonds is 5. The van der Waals surface area contributed by atoms with Gasteiger partial charge in [-0.25, -0.2) is 0 Å².